The molecule has 13 heteroatoms. The summed E-state index contributed by atoms with van der Waals surface area (Å²) in [5, 5.41) is 20.4. The third-order valence-electron chi connectivity index (χ3n) is 9.10. The molecule has 5 aliphatic rings. The van der Waals surface area contributed by atoms with Crippen molar-refractivity contribution in [1.82, 2.24) is 29.6 Å². The number of carbonyl (C=O) groups excluding carboxylic acids is 2. The molecular weight excluding hydrogens is 560 g/mol. The van der Waals surface area contributed by atoms with E-state index in [-0.39, 0.29) is 36.2 Å². The predicted molar refractivity (Wildman–Crippen MR) is 164 cm³/mol. The minimum Gasteiger partial charge on any atom is -0.364 e. The predicted octanol–water partition coefficient (Wildman–Crippen LogP) is 2.52. The molecule has 3 saturated carbocycles. The first-order valence-electron chi connectivity index (χ1n) is 15.5. The summed E-state index contributed by atoms with van der Waals surface area (Å²) < 4.78 is 1.99. The second-order valence-corrected chi connectivity index (χ2v) is 12.7. The van der Waals surface area contributed by atoms with Gasteiger partial charge in [0, 0.05) is 49.5 Å². The van der Waals surface area contributed by atoms with E-state index in [1.807, 2.05) is 29.8 Å². The SMILES string of the molecule is CC1C=CNC(C2C[C@@H]2C(=O)Nc2cc(NCc3cn4cc(C5CC5)cc(N5CC(=O)N(C)C5O)c4n3)nc(C3CC3)n2)=N1. The largest absolute Gasteiger partial charge is 0.364 e. The van der Waals surface area contributed by atoms with Crippen LogP contribution in [0.1, 0.15) is 67.9 Å². The molecule has 4 N–H and O–H groups in total. The lowest BCUT2D eigenvalue weighted by Gasteiger charge is -2.24. The maximum Gasteiger partial charge on any atom is 0.245 e. The Morgan fingerprint density at radius 2 is 1.89 bits per heavy atom. The monoisotopic (exact) mass is 596 g/mol. The molecule has 0 radical (unpaired) electrons. The topological polar surface area (TPSA) is 152 Å². The standard InChI is InChI=1S/C31H36N10O3/c1-16-7-8-32-28(34-16)21-10-22(21)30(43)38-25-11-24(36-27(37-25)18-5-6-18)33-12-20-14-40-13-19(17-3-4-17)9-23(29(40)35-20)41-15-26(42)39(2)31(41)44/h7-9,11,13-14,16-18,21-22,31,44H,3-6,10,12,15H2,1-2H3,(H,32,34)(H2,33,36,37,38,43)/t16?,21?,22-,31?/m0/s1. The zero-order chi connectivity index (χ0) is 30.1. The number of pyridine rings is 1. The van der Waals surface area contributed by atoms with Crippen LogP contribution in [0, 0.1) is 11.8 Å². The van der Waals surface area contributed by atoms with Crippen LogP contribution >= 0.6 is 0 Å². The van der Waals surface area contributed by atoms with Gasteiger partial charge >= 0.3 is 0 Å². The van der Waals surface area contributed by atoms with Gasteiger partial charge in [0.25, 0.3) is 0 Å². The van der Waals surface area contributed by atoms with Gasteiger partial charge in [-0.15, -0.1) is 0 Å². The smallest absolute Gasteiger partial charge is 0.245 e. The number of amidine groups is 1. The van der Waals surface area contributed by atoms with Crippen molar-refractivity contribution in [3.05, 3.63) is 53.9 Å². The van der Waals surface area contributed by atoms with Crippen LogP contribution in [-0.4, -0.2) is 73.0 Å². The number of hydrogen-bond donors (Lipinski definition) is 4. The lowest BCUT2D eigenvalue weighted by molar-refractivity contribution is -0.130. The molecule has 3 aromatic rings. The van der Waals surface area contributed by atoms with Gasteiger partial charge in [-0.05, 0) is 62.7 Å². The summed E-state index contributed by atoms with van der Waals surface area (Å²) in [5.74, 6) is 3.31. The number of aliphatic hydroxyl groups is 1. The highest BCUT2D eigenvalue weighted by molar-refractivity contribution is 6.01. The fraction of sp³-hybridized carbons (Fsp3) is 0.484. The summed E-state index contributed by atoms with van der Waals surface area (Å²) in [6.07, 6.45) is 12.0. The number of amides is 2. The van der Waals surface area contributed by atoms with Crippen molar-refractivity contribution >= 4 is 40.6 Å². The van der Waals surface area contributed by atoms with E-state index < -0.39 is 6.35 Å². The maximum atomic E-state index is 13.1. The molecular formula is C31H36N10O3. The number of hydrogen-bond acceptors (Lipinski definition) is 10. The lowest BCUT2D eigenvalue weighted by Crippen LogP contribution is -2.37. The van der Waals surface area contributed by atoms with Crippen molar-refractivity contribution in [2.45, 2.75) is 69.8 Å². The van der Waals surface area contributed by atoms with E-state index in [0.29, 0.717) is 35.7 Å². The van der Waals surface area contributed by atoms with Gasteiger partial charge in [-0.2, -0.15) is 0 Å². The molecule has 8 rings (SSSR count). The maximum absolute atomic E-state index is 13.1. The molecule has 13 nitrogen and oxygen atoms in total. The fourth-order valence-corrected chi connectivity index (χ4v) is 6.08. The van der Waals surface area contributed by atoms with E-state index in [1.165, 1.54) is 10.5 Å². The summed E-state index contributed by atoms with van der Waals surface area (Å²) in [4.78, 5) is 47.5. The molecule has 5 heterocycles. The number of likely N-dealkylation sites (N-methyl/N-ethyl adjacent to an activating group) is 1. The molecule has 0 bridgehead atoms. The first-order chi connectivity index (χ1) is 21.3. The summed E-state index contributed by atoms with van der Waals surface area (Å²) in [6, 6.07) is 3.95. The van der Waals surface area contributed by atoms with Crippen LogP contribution in [0.4, 0.5) is 17.3 Å². The van der Waals surface area contributed by atoms with Gasteiger partial charge < -0.3 is 35.3 Å². The summed E-state index contributed by atoms with van der Waals surface area (Å²) in [7, 11) is 1.61. The van der Waals surface area contributed by atoms with Gasteiger partial charge in [0.1, 0.15) is 29.8 Å². The number of fused-ring (bicyclic) bond motifs is 1. The van der Waals surface area contributed by atoms with Gasteiger partial charge in [-0.3, -0.25) is 14.6 Å². The van der Waals surface area contributed by atoms with Crippen molar-refractivity contribution in [3.63, 3.8) is 0 Å². The van der Waals surface area contributed by atoms with Crippen LogP contribution < -0.4 is 20.9 Å². The van der Waals surface area contributed by atoms with E-state index in [9.17, 15) is 14.7 Å². The minimum atomic E-state index is -1.03. The summed E-state index contributed by atoms with van der Waals surface area (Å²) >= 11 is 0. The minimum absolute atomic E-state index is 0.0549. The van der Waals surface area contributed by atoms with Crippen LogP contribution in [0.5, 0.6) is 0 Å². The molecule has 4 fully saturated rings. The quantitative estimate of drug-likeness (QED) is 0.292. The van der Waals surface area contributed by atoms with Crippen LogP contribution in [0.2, 0.25) is 0 Å². The Labute approximate surface area is 254 Å². The van der Waals surface area contributed by atoms with Crippen LogP contribution in [-0.2, 0) is 16.1 Å². The van der Waals surface area contributed by atoms with Crippen molar-refractivity contribution in [3.8, 4) is 0 Å². The molecule has 44 heavy (non-hydrogen) atoms. The Kier molecular flexibility index (Phi) is 6.33. The number of imidazole rings is 1. The third kappa shape index (κ3) is 5.14. The van der Waals surface area contributed by atoms with E-state index in [4.69, 9.17) is 9.97 Å². The van der Waals surface area contributed by atoms with Crippen molar-refractivity contribution in [2.75, 3.05) is 29.1 Å². The number of aliphatic imine (C=N–C) groups is 1. The van der Waals surface area contributed by atoms with Gasteiger partial charge in [0.05, 0.1) is 24.0 Å². The summed E-state index contributed by atoms with van der Waals surface area (Å²) in [6.45, 7) is 2.53. The zero-order valence-electron chi connectivity index (χ0n) is 24.8. The Morgan fingerprint density at radius 1 is 1.09 bits per heavy atom. The molecule has 3 aromatic heterocycles. The molecule has 0 aromatic carbocycles. The van der Waals surface area contributed by atoms with Gasteiger partial charge in [0.15, 0.2) is 5.65 Å². The van der Waals surface area contributed by atoms with Crippen LogP contribution in [0.3, 0.4) is 0 Å². The normalized spacial score (nSPS) is 26.2. The molecule has 2 amide bonds. The van der Waals surface area contributed by atoms with Gasteiger partial charge in [-0.1, -0.05) is 0 Å². The Morgan fingerprint density at radius 3 is 2.61 bits per heavy atom. The van der Waals surface area contributed by atoms with Crippen molar-refractivity contribution in [1.29, 1.82) is 0 Å². The molecule has 2 aliphatic heterocycles. The van der Waals surface area contributed by atoms with E-state index in [2.05, 4.69) is 38.2 Å². The Balaban J connectivity index is 1.01. The second kappa shape index (κ2) is 10.3. The summed E-state index contributed by atoms with van der Waals surface area (Å²) in [5.41, 5.74) is 3.39. The molecule has 3 aliphatic carbocycles. The van der Waals surface area contributed by atoms with Crippen LogP contribution in [0.15, 0.2) is 41.8 Å². The molecule has 4 atom stereocenters. The van der Waals surface area contributed by atoms with Crippen LogP contribution in [0.25, 0.3) is 5.65 Å². The van der Waals surface area contributed by atoms with E-state index in [0.717, 1.165) is 55.1 Å². The molecule has 1 saturated heterocycles. The highest BCUT2D eigenvalue weighted by Gasteiger charge is 2.47. The first kappa shape index (κ1) is 27.1. The number of nitrogens with one attached hydrogen (secondary N) is 3. The third-order valence-corrected chi connectivity index (χ3v) is 9.10. The number of rotatable bonds is 9. The average molecular weight is 597 g/mol. The Hall–Kier alpha value is -4.52. The molecule has 0 spiro atoms. The van der Waals surface area contributed by atoms with Gasteiger partial charge in [0.2, 0.25) is 18.2 Å². The van der Waals surface area contributed by atoms with Crippen molar-refractivity contribution < 1.29 is 14.7 Å². The number of nitrogens with zero attached hydrogens (tertiary/aromatic N) is 7. The first-order valence-corrected chi connectivity index (χ1v) is 15.5. The fourth-order valence-electron chi connectivity index (χ4n) is 6.08. The van der Waals surface area contributed by atoms with E-state index in [1.54, 1.807) is 18.0 Å². The van der Waals surface area contributed by atoms with Gasteiger partial charge in [-0.25, -0.2) is 15.0 Å². The lowest BCUT2D eigenvalue weighted by atomic mass is 10.1. The highest BCUT2D eigenvalue weighted by Crippen LogP contribution is 2.43. The highest BCUT2D eigenvalue weighted by atomic mass is 16.3. The number of anilines is 3. The number of aliphatic hydroxyl groups excluding tert-OH is 1. The average Bonchev–Trinajstić information content (AvgIpc) is 3.89. The number of carbonyl (C=O) groups is 2. The zero-order valence-corrected chi connectivity index (χ0v) is 24.8. The van der Waals surface area contributed by atoms with E-state index >= 15 is 0 Å². The van der Waals surface area contributed by atoms with Crippen molar-refractivity contribution in [2.24, 2.45) is 16.8 Å². The molecule has 3 unspecified atom stereocenters. The Bertz CT molecular complexity index is 1720. The molecule has 228 valence electrons. The number of aromatic nitrogens is 4. The second-order valence-electron chi connectivity index (χ2n) is 12.7.